The van der Waals surface area contributed by atoms with E-state index in [0.29, 0.717) is 25.6 Å². The predicted octanol–water partition coefficient (Wildman–Crippen LogP) is 6.28. The van der Waals surface area contributed by atoms with Crippen LogP contribution in [0.2, 0.25) is 10.0 Å². The van der Waals surface area contributed by atoms with E-state index in [9.17, 15) is 35.2 Å². The Bertz CT molecular complexity index is 1060. The third-order valence-corrected chi connectivity index (χ3v) is 9.95. The van der Waals surface area contributed by atoms with Crippen molar-refractivity contribution in [2.45, 2.75) is 69.5 Å². The molecule has 1 aromatic rings. The van der Waals surface area contributed by atoms with Crippen molar-refractivity contribution in [1.29, 1.82) is 0 Å². The zero-order valence-corrected chi connectivity index (χ0v) is 22.1. The SMILES string of the molecule is CCCS(=O)(=O)N1CCN(C2(CCC(=O)c3c(Cl)ccc(C(F)(F)F)c3Cl)CCC(F)(F)CC2)CC1. The Kier molecular flexibility index (Phi) is 9.03. The number of Topliss-reactive ketones (excluding diaryl/α,β-unsaturated/α-hetero) is 1. The van der Waals surface area contributed by atoms with Crippen LogP contribution >= 0.6 is 23.2 Å². The molecular formula is C23H29Cl2F5N2O3S. The van der Waals surface area contributed by atoms with Crippen molar-refractivity contribution in [2.24, 2.45) is 0 Å². The molecule has 3 rings (SSSR count). The van der Waals surface area contributed by atoms with E-state index in [0.717, 1.165) is 6.07 Å². The molecule has 1 aliphatic heterocycles. The fourth-order valence-electron chi connectivity index (χ4n) is 5.13. The number of hydrogen-bond donors (Lipinski definition) is 0. The van der Waals surface area contributed by atoms with Gasteiger partial charge in [0.1, 0.15) is 0 Å². The molecule has 0 aromatic heterocycles. The number of nitrogens with zero attached hydrogens (tertiary/aromatic N) is 2. The van der Waals surface area contributed by atoms with Crippen LogP contribution in [0.25, 0.3) is 0 Å². The zero-order chi connectivity index (χ0) is 26.9. The Labute approximate surface area is 217 Å². The molecule has 1 saturated heterocycles. The molecule has 0 N–H and O–H groups in total. The van der Waals surface area contributed by atoms with Crippen molar-refractivity contribution in [3.05, 3.63) is 33.3 Å². The second-order valence-electron chi connectivity index (χ2n) is 9.49. The molecule has 36 heavy (non-hydrogen) atoms. The fraction of sp³-hybridized carbons (Fsp3) is 0.696. The average Bonchev–Trinajstić information content (AvgIpc) is 2.78. The van der Waals surface area contributed by atoms with E-state index in [2.05, 4.69) is 0 Å². The Morgan fingerprint density at radius 2 is 1.61 bits per heavy atom. The molecule has 0 bridgehead atoms. The van der Waals surface area contributed by atoms with E-state index in [1.165, 1.54) is 4.31 Å². The van der Waals surface area contributed by atoms with Gasteiger partial charge in [-0.25, -0.2) is 17.2 Å². The molecule has 0 unspecified atom stereocenters. The number of benzene rings is 1. The first-order valence-corrected chi connectivity index (χ1v) is 14.2. The molecule has 0 spiro atoms. The van der Waals surface area contributed by atoms with Crippen LogP contribution < -0.4 is 0 Å². The van der Waals surface area contributed by atoms with Crippen molar-refractivity contribution in [3.8, 4) is 0 Å². The lowest BCUT2D eigenvalue weighted by Gasteiger charge is -2.51. The van der Waals surface area contributed by atoms with Gasteiger partial charge in [0.2, 0.25) is 15.9 Å². The van der Waals surface area contributed by atoms with Crippen LogP contribution in [0.4, 0.5) is 22.0 Å². The minimum atomic E-state index is -4.77. The standard InChI is InChI=1S/C23H29Cl2F5N2O3S/c1-2-15-36(34,35)32-13-11-31(12-14-32)21(7-9-22(26,27)10-8-21)6-5-18(33)19-17(24)4-3-16(20(19)25)23(28,29)30/h3-4H,2,5-15H2,1H3. The van der Waals surface area contributed by atoms with Crippen molar-refractivity contribution in [2.75, 3.05) is 31.9 Å². The first kappa shape index (κ1) is 29.5. The molecule has 0 atom stereocenters. The highest BCUT2D eigenvalue weighted by Crippen LogP contribution is 2.45. The summed E-state index contributed by atoms with van der Waals surface area (Å²) in [6.45, 7) is 2.81. The van der Waals surface area contributed by atoms with Crippen molar-refractivity contribution in [3.63, 3.8) is 0 Å². The van der Waals surface area contributed by atoms with Crippen molar-refractivity contribution < 1.29 is 35.2 Å². The molecule has 5 nitrogen and oxygen atoms in total. The summed E-state index contributed by atoms with van der Waals surface area (Å²) in [5.41, 5.74) is -2.41. The molecule has 0 amide bonds. The van der Waals surface area contributed by atoms with Crippen LogP contribution in [0.5, 0.6) is 0 Å². The third kappa shape index (κ3) is 6.51. The van der Waals surface area contributed by atoms with E-state index in [1.54, 1.807) is 6.92 Å². The van der Waals surface area contributed by atoms with Gasteiger partial charge in [0.05, 0.1) is 26.9 Å². The van der Waals surface area contributed by atoms with E-state index in [4.69, 9.17) is 23.2 Å². The fourth-order valence-corrected chi connectivity index (χ4v) is 7.31. The summed E-state index contributed by atoms with van der Waals surface area (Å²) in [5.74, 6) is -3.51. The summed E-state index contributed by atoms with van der Waals surface area (Å²) in [5, 5.41) is -0.990. The molecule has 1 aromatic carbocycles. The van der Waals surface area contributed by atoms with Crippen molar-refractivity contribution in [1.82, 2.24) is 9.21 Å². The molecule has 13 heteroatoms. The van der Waals surface area contributed by atoms with E-state index >= 15 is 0 Å². The lowest BCUT2D eigenvalue weighted by Crippen LogP contribution is -2.60. The smallest absolute Gasteiger partial charge is 0.295 e. The molecule has 0 radical (unpaired) electrons. The van der Waals surface area contributed by atoms with Crippen molar-refractivity contribution >= 4 is 39.0 Å². The first-order chi connectivity index (χ1) is 16.6. The summed E-state index contributed by atoms with van der Waals surface area (Å²) < 4.78 is 94.1. The Hall–Kier alpha value is -1.01. The van der Waals surface area contributed by atoms with Crippen LogP contribution in [0.3, 0.4) is 0 Å². The number of carbonyl (C=O) groups is 1. The number of sulfonamides is 1. The highest BCUT2D eigenvalue weighted by molar-refractivity contribution is 7.89. The van der Waals surface area contributed by atoms with Gasteiger partial charge in [0.25, 0.3) is 0 Å². The number of hydrogen-bond acceptors (Lipinski definition) is 4. The number of alkyl halides is 5. The van der Waals surface area contributed by atoms with E-state index in [-0.39, 0.29) is 62.4 Å². The van der Waals surface area contributed by atoms with Gasteiger partial charge in [-0.1, -0.05) is 30.1 Å². The Morgan fingerprint density at radius 1 is 1.03 bits per heavy atom. The second kappa shape index (κ2) is 11.0. The summed E-state index contributed by atoms with van der Waals surface area (Å²) in [4.78, 5) is 15.0. The van der Waals surface area contributed by atoms with Gasteiger partial charge < -0.3 is 0 Å². The van der Waals surface area contributed by atoms with Gasteiger partial charge in [-0.3, -0.25) is 9.69 Å². The number of carbonyl (C=O) groups excluding carboxylic acids is 1. The monoisotopic (exact) mass is 578 g/mol. The second-order valence-corrected chi connectivity index (χ2v) is 12.4. The van der Waals surface area contributed by atoms with Gasteiger partial charge in [0, 0.05) is 51.0 Å². The lowest BCUT2D eigenvalue weighted by molar-refractivity contribution is -0.137. The quantitative estimate of drug-likeness (QED) is 0.269. The first-order valence-electron chi connectivity index (χ1n) is 11.8. The summed E-state index contributed by atoms with van der Waals surface area (Å²) in [6, 6.07) is 1.68. The summed E-state index contributed by atoms with van der Waals surface area (Å²) in [7, 11) is -3.40. The molecular weight excluding hydrogens is 550 g/mol. The number of halogens is 7. The van der Waals surface area contributed by atoms with Crippen LogP contribution in [-0.4, -0.2) is 66.8 Å². The molecule has 204 valence electrons. The molecule has 2 aliphatic rings. The molecule has 2 fully saturated rings. The number of ketones is 1. The van der Waals surface area contributed by atoms with Crippen LogP contribution in [0, 0.1) is 0 Å². The summed E-state index contributed by atoms with van der Waals surface area (Å²) >= 11 is 12.0. The van der Waals surface area contributed by atoms with E-state index in [1.807, 2.05) is 4.90 Å². The highest BCUT2D eigenvalue weighted by atomic mass is 35.5. The normalized spacial score (nSPS) is 21.4. The average molecular weight is 579 g/mol. The lowest BCUT2D eigenvalue weighted by atomic mass is 9.74. The number of piperazine rings is 1. The third-order valence-electron chi connectivity index (χ3n) is 7.17. The zero-order valence-electron chi connectivity index (χ0n) is 19.8. The minimum Gasteiger partial charge on any atom is -0.295 e. The Balaban J connectivity index is 1.80. The maximum absolute atomic E-state index is 14.0. The minimum absolute atomic E-state index is 0.0252. The molecule has 1 aliphatic carbocycles. The Morgan fingerprint density at radius 3 is 2.14 bits per heavy atom. The van der Waals surface area contributed by atoms with Gasteiger partial charge in [-0.05, 0) is 37.8 Å². The topological polar surface area (TPSA) is 57.7 Å². The van der Waals surface area contributed by atoms with Crippen LogP contribution in [0.15, 0.2) is 12.1 Å². The maximum Gasteiger partial charge on any atom is 0.417 e. The highest BCUT2D eigenvalue weighted by Gasteiger charge is 2.47. The number of rotatable bonds is 8. The van der Waals surface area contributed by atoms with Crippen LogP contribution in [0.1, 0.15) is 67.8 Å². The molecule has 1 heterocycles. The molecule has 1 saturated carbocycles. The predicted molar refractivity (Wildman–Crippen MR) is 128 cm³/mol. The summed E-state index contributed by atoms with van der Waals surface area (Å²) in [6.07, 6.45) is -5.03. The van der Waals surface area contributed by atoms with Gasteiger partial charge in [-0.15, -0.1) is 0 Å². The van der Waals surface area contributed by atoms with Crippen LogP contribution in [-0.2, 0) is 16.2 Å². The van der Waals surface area contributed by atoms with Gasteiger partial charge in [0.15, 0.2) is 5.78 Å². The largest absolute Gasteiger partial charge is 0.417 e. The van der Waals surface area contributed by atoms with Gasteiger partial charge >= 0.3 is 6.18 Å². The maximum atomic E-state index is 14.0. The van der Waals surface area contributed by atoms with Gasteiger partial charge in [-0.2, -0.15) is 17.5 Å². The van der Waals surface area contributed by atoms with E-state index < -0.39 is 49.6 Å².